The third kappa shape index (κ3) is 2.56. The van der Waals surface area contributed by atoms with E-state index >= 15 is 0 Å². The quantitative estimate of drug-likeness (QED) is 0.866. The van der Waals surface area contributed by atoms with Gasteiger partial charge >= 0.3 is 0 Å². The van der Waals surface area contributed by atoms with Crippen molar-refractivity contribution >= 4 is 10.9 Å². The van der Waals surface area contributed by atoms with Crippen LogP contribution in [0.2, 0.25) is 0 Å². The summed E-state index contributed by atoms with van der Waals surface area (Å²) in [6, 6.07) is 8.22. The van der Waals surface area contributed by atoms with E-state index in [1.54, 1.807) is 0 Å². The first-order valence-electron chi connectivity index (χ1n) is 7.06. The lowest BCUT2D eigenvalue weighted by molar-refractivity contribution is 0.372. The molecule has 0 saturated carbocycles. The van der Waals surface area contributed by atoms with E-state index in [9.17, 15) is 4.79 Å². The smallest absolute Gasteiger partial charge is 0.251 e. The van der Waals surface area contributed by atoms with Crippen molar-refractivity contribution < 1.29 is 0 Å². The van der Waals surface area contributed by atoms with Crippen molar-refractivity contribution in [3.05, 3.63) is 45.7 Å². The van der Waals surface area contributed by atoms with Crippen LogP contribution in [0.1, 0.15) is 24.0 Å². The number of pyridine rings is 1. The molecule has 0 atom stereocenters. The van der Waals surface area contributed by atoms with Gasteiger partial charge in [0.15, 0.2) is 0 Å². The third-order valence-corrected chi connectivity index (χ3v) is 4.13. The van der Waals surface area contributed by atoms with Gasteiger partial charge < -0.3 is 10.3 Å². The molecule has 0 amide bonds. The third-order valence-electron chi connectivity index (χ3n) is 4.13. The highest BCUT2D eigenvalue weighted by Gasteiger charge is 2.15. The molecule has 0 unspecified atom stereocenters. The van der Waals surface area contributed by atoms with Crippen LogP contribution in [0.25, 0.3) is 10.9 Å². The number of rotatable bonds is 2. The highest BCUT2D eigenvalue weighted by molar-refractivity contribution is 5.81. The highest BCUT2D eigenvalue weighted by atomic mass is 16.1. The molecular weight excluding hydrogens is 236 g/mol. The van der Waals surface area contributed by atoms with Crippen LogP contribution >= 0.6 is 0 Å². The molecule has 1 aromatic heterocycles. The Hall–Kier alpha value is -1.61. The first-order valence-corrected chi connectivity index (χ1v) is 7.06. The Kier molecular flexibility index (Phi) is 3.38. The van der Waals surface area contributed by atoms with E-state index in [-0.39, 0.29) is 5.56 Å². The number of nitrogens with one attached hydrogen (secondary N) is 2. The Morgan fingerprint density at radius 3 is 2.84 bits per heavy atom. The molecule has 2 N–H and O–H groups in total. The molecule has 1 aromatic carbocycles. The van der Waals surface area contributed by atoms with Crippen LogP contribution in [-0.2, 0) is 6.42 Å². The molecule has 1 aliphatic heterocycles. The highest BCUT2D eigenvalue weighted by Crippen LogP contribution is 2.19. The van der Waals surface area contributed by atoms with Crippen LogP contribution in [0.3, 0.4) is 0 Å². The molecule has 1 aliphatic rings. The first kappa shape index (κ1) is 12.4. The van der Waals surface area contributed by atoms with Crippen LogP contribution < -0.4 is 10.9 Å². The SMILES string of the molecule is Cc1cccc2cc(CC3CCNCC3)c(=O)[nH]c12. The normalized spacial score (nSPS) is 16.9. The van der Waals surface area contributed by atoms with Crippen LogP contribution in [0.15, 0.2) is 29.1 Å². The van der Waals surface area contributed by atoms with Gasteiger partial charge in [-0.25, -0.2) is 0 Å². The summed E-state index contributed by atoms with van der Waals surface area (Å²) in [4.78, 5) is 15.2. The summed E-state index contributed by atoms with van der Waals surface area (Å²) >= 11 is 0. The molecule has 1 saturated heterocycles. The van der Waals surface area contributed by atoms with Gasteiger partial charge in [-0.2, -0.15) is 0 Å². The Labute approximate surface area is 113 Å². The minimum Gasteiger partial charge on any atom is -0.321 e. The number of aromatic nitrogens is 1. The van der Waals surface area contributed by atoms with Gasteiger partial charge in [-0.05, 0) is 62.2 Å². The van der Waals surface area contributed by atoms with Gasteiger partial charge in [0.05, 0.1) is 5.52 Å². The van der Waals surface area contributed by atoms with Crippen LogP contribution in [0.4, 0.5) is 0 Å². The van der Waals surface area contributed by atoms with Gasteiger partial charge in [-0.1, -0.05) is 18.2 Å². The molecule has 0 bridgehead atoms. The summed E-state index contributed by atoms with van der Waals surface area (Å²) < 4.78 is 0. The fraction of sp³-hybridized carbons (Fsp3) is 0.438. The maximum atomic E-state index is 12.2. The van der Waals surface area contributed by atoms with Gasteiger partial charge in [0, 0.05) is 5.56 Å². The monoisotopic (exact) mass is 256 g/mol. The molecule has 0 aliphatic carbocycles. The summed E-state index contributed by atoms with van der Waals surface area (Å²) in [7, 11) is 0. The molecule has 0 spiro atoms. The average molecular weight is 256 g/mol. The van der Waals surface area contributed by atoms with Gasteiger partial charge in [-0.3, -0.25) is 4.79 Å². The van der Waals surface area contributed by atoms with E-state index in [0.29, 0.717) is 5.92 Å². The van der Waals surface area contributed by atoms with E-state index in [4.69, 9.17) is 0 Å². The molecule has 3 heteroatoms. The van der Waals surface area contributed by atoms with Crippen molar-refractivity contribution in [2.24, 2.45) is 5.92 Å². The Balaban J connectivity index is 1.95. The Morgan fingerprint density at radius 1 is 1.26 bits per heavy atom. The first-order chi connectivity index (χ1) is 9.24. The molecular formula is C16H20N2O. The second kappa shape index (κ2) is 5.17. The zero-order valence-electron chi connectivity index (χ0n) is 11.3. The van der Waals surface area contributed by atoms with E-state index in [2.05, 4.69) is 22.4 Å². The summed E-state index contributed by atoms with van der Waals surface area (Å²) in [6.07, 6.45) is 3.25. The topological polar surface area (TPSA) is 44.9 Å². The number of piperidine rings is 1. The number of hydrogen-bond acceptors (Lipinski definition) is 2. The molecule has 1 fully saturated rings. The van der Waals surface area contributed by atoms with Crippen LogP contribution in [0, 0.1) is 12.8 Å². The van der Waals surface area contributed by atoms with E-state index in [1.165, 1.54) is 12.8 Å². The van der Waals surface area contributed by atoms with Crippen LogP contribution in [-0.4, -0.2) is 18.1 Å². The molecule has 0 radical (unpaired) electrons. The lowest BCUT2D eigenvalue weighted by Crippen LogP contribution is -2.29. The summed E-state index contributed by atoms with van der Waals surface area (Å²) in [5.41, 5.74) is 3.12. The van der Waals surface area contributed by atoms with Crippen LogP contribution in [0.5, 0.6) is 0 Å². The molecule has 2 aromatic rings. The molecule has 19 heavy (non-hydrogen) atoms. The number of aryl methyl sites for hydroxylation is 1. The lowest BCUT2D eigenvalue weighted by atomic mass is 9.91. The Bertz CT molecular complexity index is 639. The maximum absolute atomic E-state index is 12.2. The number of para-hydroxylation sites is 1. The van der Waals surface area contributed by atoms with Gasteiger partial charge in [0.2, 0.25) is 0 Å². The molecule has 2 heterocycles. The second-order valence-corrected chi connectivity index (χ2v) is 5.56. The standard InChI is InChI=1S/C16H20N2O/c1-11-3-2-4-13-10-14(16(19)18-15(11)13)9-12-5-7-17-8-6-12/h2-4,10,12,17H,5-9H2,1H3,(H,18,19). The zero-order valence-corrected chi connectivity index (χ0v) is 11.3. The molecule has 3 rings (SSSR count). The van der Waals surface area contributed by atoms with Gasteiger partial charge in [0.1, 0.15) is 0 Å². The largest absolute Gasteiger partial charge is 0.321 e. The fourth-order valence-corrected chi connectivity index (χ4v) is 2.98. The summed E-state index contributed by atoms with van der Waals surface area (Å²) in [5, 5.41) is 4.51. The van der Waals surface area contributed by atoms with E-state index in [1.807, 2.05) is 19.1 Å². The van der Waals surface area contributed by atoms with Crippen molar-refractivity contribution in [2.45, 2.75) is 26.2 Å². The maximum Gasteiger partial charge on any atom is 0.251 e. The minimum absolute atomic E-state index is 0.0836. The summed E-state index contributed by atoms with van der Waals surface area (Å²) in [5.74, 6) is 0.643. The van der Waals surface area contributed by atoms with Crippen molar-refractivity contribution in [3.8, 4) is 0 Å². The number of hydrogen-bond donors (Lipinski definition) is 2. The van der Waals surface area contributed by atoms with E-state index in [0.717, 1.165) is 41.5 Å². The van der Waals surface area contributed by atoms with Crippen molar-refractivity contribution in [2.75, 3.05) is 13.1 Å². The molecule has 100 valence electrons. The van der Waals surface area contributed by atoms with Crippen molar-refractivity contribution in [1.82, 2.24) is 10.3 Å². The average Bonchev–Trinajstić information content (AvgIpc) is 2.42. The van der Waals surface area contributed by atoms with Gasteiger partial charge in [0.25, 0.3) is 5.56 Å². The number of aromatic amines is 1. The van der Waals surface area contributed by atoms with Crippen molar-refractivity contribution in [1.29, 1.82) is 0 Å². The van der Waals surface area contributed by atoms with E-state index < -0.39 is 0 Å². The van der Waals surface area contributed by atoms with Gasteiger partial charge in [-0.15, -0.1) is 0 Å². The lowest BCUT2D eigenvalue weighted by Gasteiger charge is -2.22. The number of H-pyrrole nitrogens is 1. The van der Waals surface area contributed by atoms with Crippen molar-refractivity contribution in [3.63, 3.8) is 0 Å². The number of benzene rings is 1. The summed E-state index contributed by atoms with van der Waals surface area (Å²) in [6.45, 7) is 4.19. The number of fused-ring (bicyclic) bond motifs is 1. The second-order valence-electron chi connectivity index (χ2n) is 5.56. The predicted molar refractivity (Wildman–Crippen MR) is 78.6 cm³/mol. The predicted octanol–water partition coefficient (Wildman–Crippen LogP) is 2.38. The minimum atomic E-state index is 0.0836. The fourth-order valence-electron chi connectivity index (χ4n) is 2.98. The zero-order chi connectivity index (χ0) is 13.2. The Morgan fingerprint density at radius 2 is 2.05 bits per heavy atom. The molecule has 3 nitrogen and oxygen atoms in total.